The van der Waals surface area contributed by atoms with Gasteiger partial charge < -0.3 is 5.32 Å². The van der Waals surface area contributed by atoms with Gasteiger partial charge in [-0.25, -0.2) is 0 Å². The average molecular weight is 348 g/mol. The Morgan fingerprint density at radius 1 is 1.30 bits per heavy atom. The summed E-state index contributed by atoms with van der Waals surface area (Å²) in [6.07, 6.45) is 11.4. The molecule has 0 saturated heterocycles. The van der Waals surface area contributed by atoms with Gasteiger partial charge in [-0.3, -0.25) is 4.79 Å². The van der Waals surface area contributed by atoms with Crippen LogP contribution >= 0.6 is 23.8 Å². The van der Waals surface area contributed by atoms with Gasteiger partial charge in [-0.05, 0) is 44.7 Å². The third-order valence-electron chi connectivity index (χ3n) is 3.12. The van der Waals surface area contributed by atoms with E-state index in [4.69, 9.17) is 23.8 Å². The van der Waals surface area contributed by atoms with Crippen molar-refractivity contribution in [3.63, 3.8) is 0 Å². The van der Waals surface area contributed by atoms with Crippen molar-refractivity contribution in [3.05, 3.63) is 70.8 Å². The monoisotopic (exact) mass is 347 g/mol. The van der Waals surface area contributed by atoms with Crippen LogP contribution in [-0.2, 0) is 11.2 Å². The summed E-state index contributed by atoms with van der Waals surface area (Å²) in [4.78, 5) is 12.3. The Morgan fingerprint density at radius 2 is 2.04 bits per heavy atom. The van der Waals surface area contributed by atoms with Gasteiger partial charge in [-0.1, -0.05) is 71.9 Å². The molecular formula is C19H22ClNOS. The van der Waals surface area contributed by atoms with Gasteiger partial charge in [0.25, 0.3) is 0 Å². The number of halogens is 1. The number of nitrogens with one attached hydrogen (secondary N) is 1. The molecule has 0 aliphatic heterocycles. The average Bonchev–Trinajstić information content (AvgIpc) is 2.52. The number of hydrogen-bond acceptors (Lipinski definition) is 2. The van der Waals surface area contributed by atoms with Crippen LogP contribution in [0.5, 0.6) is 0 Å². The highest BCUT2D eigenvalue weighted by Crippen LogP contribution is 2.17. The predicted molar refractivity (Wildman–Crippen MR) is 103 cm³/mol. The quantitative estimate of drug-likeness (QED) is 0.418. The third-order valence-corrected chi connectivity index (χ3v) is 3.79. The molecular weight excluding hydrogens is 326 g/mol. The van der Waals surface area contributed by atoms with E-state index in [2.05, 4.69) is 5.32 Å². The molecule has 1 aromatic rings. The minimum Gasteiger partial charge on any atom is -0.317 e. The number of benzene rings is 1. The lowest BCUT2D eigenvalue weighted by Gasteiger charge is -2.06. The van der Waals surface area contributed by atoms with Crippen molar-refractivity contribution in [1.29, 1.82) is 0 Å². The molecule has 23 heavy (non-hydrogen) atoms. The second-order valence-corrected chi connectivity index (χ2v) is 6.03. The maximum absolute atomic E-state index is 11.8. The van der Waals surface area contributed by atoms with Gasteiger partial charge in [-0.15, -0.1) is 0 Å². The van der Waals surface area contributed by atoms with Crippen molar-refractivity contribution in [1.82, 2.24) is 5.32 Å². The van der Waals surface area contributed by atoms with E-state index < -0.39 is 0 Å². The van der Waals surface area contributed by atoms with E-state index in [1.807, 2.05) is 56.3 Å². The van der Waals surface area contributed by atoms with Gasteiger partial charge in [0.15, 0.2) is 0 Å². The van der Waals surface area contributed by atoms with Crippen LogP contribution in [0.25, 0.3) is 0 Å². The summed E-state index contributed by atoms with van der Waals surface area (Å²) in [7, 11) is 0. The zero-order chi connectivity index (χ0) is 17.1. The molecule has 1 N–H and O–H groups in total. The second kappa shape index (κ2) is 10.9. The van der Waals surface area contributed by atoms with Gasteiger partial charge in [0.05, 0.1) is 4.99 Å². The van der Waals surface area contributed by atoms with Crippen LogP contribution in [-0.4, -0.2) is 10.9 Å². The molecule has 0 spiro atoms. The van der Waals surface area contributed by atoms with Gasteiger partial charge in [-0.2, -0.15) is 0 Å². The van der Waals surface area contributed by atoms with Crippen LogP contribution in [0.4, 0.5) is 0 Å². The first-order valence-electron chi connectivity index (χ1n) is 7.58. The molecule has 0 saturated carbocycles. The van der Waals surface area contributed by atoms with E-state index in [-0.39, 0.29) is 5.91 Å². The van der Waals surface area contributed by atoms with Crippen LogP contribution in [0, 0.1) is 0 Å². The van der Waals surface area contributed by atoms with Crippen LogP contribution in [0.2, 0.25) is 5.02 Å². The highest BCUT2D eigenvalue weighted by Gasteiger charge is 2.03. The van der Waals surface area contributed by atoms with E-state index in [1.165, 1.54) is 6.08 Å². The van der Waals surface area contributed by atoms with E-state index in [0.29, 0.717) is 11.4 Å². The van der Waals surface area contributed by atoms with E-state index in [9.17, 15) is 4.79 Å². The van der Waals surface area contributed by atoms with Crippen LogP contribution in [0.15, 0.2) is 60.2 Å². The Kier molecular flexibility index (Phi) is 9.18. The second-order valence-electron chi connectivity index (χ2n) is 5.13. The standard InChI is InChI=1S/C19H22ClNOS/c1-3-4-8-15(2)13-14-18(22)21-19(23)12-7-10-16-9-5-6-11-17(16)20/h3-6,8-9,11,13-14H,7,10,12H2,1-2H3,(H,21,22,23)/b4-3-,14-13+,15-8+. The van der Waals surface area contributed by atoms with E-state index >= 15 is 0 Å². The smallest absolute Gasteiger partial charge is 0.248 e. The van der Waals surface area contributed by atoms with Gasteiger partial charge in [0.1, 0.15) is 0 Å². The van der Waals surface area contributed by atoms with Crippen LogP contribution < -0.4 is 5.32 Å². The van der Waals surface area contributed by atoms with Crippen molar-refractivity contribution in [2.24, 2.45) is 0 Å². The number of rotatable bonds is 7. The Balaban J connectivity index is 2.35. The lowest BCUT2D eigenvalue weighted by Crippen LogP contribution is -2.27. The largest absolute Gasteiger partial charge is 0.317 e. The fourth-order valence-electron chi connectivity index (χ4n) is 1.89. The molecule has 0 heterocycles. The fourth-order valence-corrected chi connectivity index (χ4v) is 2.37. The summed E-state index contributed by atoms with van der Waals surface area (Å²) >= 11 is 11.3. The first kappa shape index (κ1) is 19.3. The minimum atomic E-state index is -0.194. The maximum atomic E-state index is 11.8. The summed E-state index contributed by atoms with van der Waals surface area (Å²) in [6, 6.07) is 7.77. The SMILES string of the molecule is C\C=C/C=C(C)/C=C/C(=O)NC(=S)CCCc1ccccc1Cl. The Labute approximate surface area is 148 Å². The van der Waals surface area contributed by atoms with Gasteiger partial charge >= 0.3 is 0 Å². The third kappa shape index (κ3) is 8.48. The number of carbonyl (C=O) groups excluding carboxylic acids is 1. The number of carbonyl (C=O) groups is 1. The molecule has 1 aromatic carbocycles. The highest BCUT2D eigenvalue weighted by molar-refractivity contribution is 7.80. The molecule has 2 nitrogen and oxygen atoms in total. The summed E-state index contributed by atoms with van der Waals surface area (Å²) in [5.74, 6) is -0.194. The Morgan fingerprint density at radius 3 is 2.74 bits per heavy atom. The summed E-state index contributed by atoms with van der Waals surface area (Å²) in [5.41, 5.74) is 2.11. The summed E-state index contributed by atoms with van der Waals surface area (Å²) in [5, 5.41) is 3.49. The molecule has 122 valence electrons. The predicted octanol–water partition coefficient (Wildman–Crippen LogP) is 5.18. The molecule has 0 unspecified atom stereocenters. The van der Waals surface area contributed by atoms with Crippen molar-refractivity contribution in [2.45, 2.75) is 33.1 Å². The lowest BCUT2D eigenvalue weighted by molar-refractivity contribution is -0.115. The molecule has 0 atom stereocenters. The molecule has 0 aromatic heterocycles. The fraction of sp³-hybridized carbons (Fsp3) is 0.263. The van der Waals surface area contributed by atoms with Crippen molar-refractivity contribution < 1.29 is 4.79 Å². The van der Waals surface area contributed by atoms with Crippen LogP contribution in [0.1, 0.15) is 32.3 Å². The molecule has 4 heteroatoms. The first-order valence-corrected chi connectivity index (χ1v) is 8.36. The molecule has 1 amide bonds. The summed E-state index contributed by atoms with van der Waals surface area (Å²) in [6.45, 7) is 3.88. The number of thiocarbonyl (C=S) groups is 1. The normalized spacial score (nSPS) is 12.0. The number of amides is 1. The minimum absolute atomic E-state index is 0.194. The molecule has 0 aliphatic carbocycles. The number of aryl methyl sites for hydroxylation is 1. The molecule has 0 radical (unpaired) electrons. The molecule has 0 aliphatic rings. The topological polar surface area (TPSA) is 29.1 Å². The van der Waals surface area contributed by atoms with E-state index in [0.717, 1.165) is 29.0 Å². The van der Waals surface area contributed by atoms with Crippen molar-refractivity contribution >= 4 is 34.7 Å². The van der Waals surface area contributed by atoms with E-state index in [1.54, 1.807) is 6.08 Å². The highest BCUT2D eigenvalue weighted by atomic mass is 35.5. The molecule has 0 fully saturated rings. The van der Waals surface area contributed by atoms with Gasteiger partial charge in [0.2, 0.25) is 5.91 Å². The Bertz CT molecular complexity index is 632. The maximum Gasteiger partial charge on any atom is 0.248 e. The van der Waals surface area contributed by atoms with Gasteiger partial charge in [0, 0.05) is 11.1 Å². The van der Waals surface area contributed by atoms with Crippen molar-refractivity contribution in [2.75, 3.05) is 0 Å². The first-order chi connectivity index (χ1) is 11.0. The number of allylic oxidation sites excluding steroid dienone is 5. The zero-order valence-corrected chi connectivity index (χ0v) is 15.1. The summed E-state index contributed by atoms with van der Waals surface area (Å²) < 4.78 is 0. The molecule has 1 rings (SSSR count). The van der Waals surface area contributed by atoms with Crippen molar-refractivity contribution in [3.8, 4) is 0 Å². The van der Waals surface area contributed by atoms with Crippen LogP contribution in [0.3, 0.4) is 0 Å². The molecule has 0 bridgehead atoms. The number of hydrogen-bond donors (Lipinski definition) is 1. The lowest BCUT2D eigenvalue weighted by atomic mass is 10.1. The zero-order valence-electron chi connectivity index (χ0n) is 13.5. The Hall–Kier alpha value is -1.71.